The molecule has 0 radical (unpaired) electrons. The van der Waals surface area contributed by atoms with Crippen LogP contribution < -0.4 is 9.47 Å². The molecule has 0 N–H and O–H groups in total. The lowest BCUT2D eigenvalue weighted by molar-refractivity contribution is -0.384. The Labute approximate surface area is 150 Å². The molecule has 0 aliphatic heterocycles. The highest BCUT2D eigenvalue weighted by molar-refractivity contribution is 5.56. The van der Waals surface area contributed by atoms with Gasteiger partial charge in [-0.25, -0.2) is 4.98 Å². The highest BCUT2D eigenvalue weighted by Crippen LogP contribution is 2.19. The third kappa shape index (κ3) is 4.35. The molecule has 8 nitrogen and oxygen atoms in total. The lowest BCUT2D eigenvalue weighted by Crippen LogP contribution is -2.05. The summed E-state index contributed by atoms with van der Waals surface area (Å²) in [7, 11) is 1.62. The SMILES string of the molecule is COc1ccc(OCCCn2cnc(-c3ccc([N+](=O)[O-])cc3)n2)cc1. The molecule has 0 atom stereocenters. The summed E-state index contributed by atoms with van der Waals surface area (Å²) in [6.07, 6.45) is 2.42. The number of benzene rings is 2. The van der Waals surface area contributed by atoms with E-state index in [9.17, 15) is 10.1 Å². The zero-order chi connectivity index (χ0) is 18.4. The predicted octanol–water partition coefficient (Wildman–Crippen LogP) is 3.33. The number of rotatable bonds is 8. The van der Waals surface area contributed by atoms with Crippen LogP contribution in [-0.2, 0) is 6.54 Å². The van der Waals surface area contributed by atoms with E-state index < -0.39 is 4.92 Å². The van der Waals surface area contributed by atoms with Gasteiger partial charge in [-0.05, 0) is 36.4 Å². The van der Waals surface area contributed by atoms with Crippen LogP contribution in [0.3, 0.4) is 0 Å². The zero-order valence-corrected chi connectivity index (χ0v) is 14.2. The summed E-state index contributed by atoms with van der Waals surface area (Å²) in [5, 5.41) is 15.1. The van der Waals surface area contributed by atoms with Crippen molar-refractivity contribution in [2.45, 2.75) is 13.0 Å². The van der Waals surface area contributed by atoms with E-state index >= 15 is 0 Å². The fraction of sp³-hybridized carbons (Fsp3) is 0.222. The average Bonchev–Trinajstić information content (AvgIpc) is 3.15. The molecular formula is C18H18N4O4. The number of aromatic nitrogens is 3. The molecule has 2 aromatic carbocycles. The highest BCUT2D eigenvalue weighted by Gasteiger charge is 2.08. The topological polar surface area (TPSA) is 92.3 Å². The normalized spacial score (nSPS) is 10.5. The minimum absolute atomic E-state index is 0.0452. The number of ether oxygens (including phenoxy) is 2. The zero-order valence-electron chi connectivity index (χ0n) is 14.2. The van der Waals surface area contributed by atoms with Gasteiger partial charge in [0.2, 0.25) is 0 Å². The standard InChI is InChI=1S/C18H18N4O4/c1-25-16-7-9-17(10-8-16)26-12-2-11-21-13-19-18(20-21)14-3-5-15(6-4-14)22(23)24/h3-10,13H,2,11-12H2,1H3. The van der Waals surface area contributed by atoms with Crippen LogP contribution in [0, 0.1) is 10.1 Å². The summed E-state index contributed by atoms with van der Waals surface area (Å²) in [4.78, 5) is 14.5. The van der Waals surface area contributed by atoms with Crippen molar-refractivity contribution in [2.24, 2.45) is 0 Å². The smallest absolute Gasteiger partial charge is 0.269 e. The van der Waals surface area contributed by atoms with Crippen LogP contribution in [0.2, 0.25) is 0 Å². The fourth-order valence-corrected chi connectivity index (χ4v) is 2.36. The third-order valence-electron chi connectivity index (χ3n) is 3.73. The Morgan fingerprint density at radius 2 is 1.77 bits per heavy atom. The maximum absolute atomic E-state index is 10.7. The first kappa shape index (κ1) is 17.4. The summed E-state index contributed by atoms with van der Waals surface area (Å²) < 4.78 is 12.5. The van der Waals surface area contributed by atoms with Crippen LogP contribution in [0.1, 0.15) is 6.42 Å². The summed E-state index contributed by atoms with van der Waals surface area (Å²) in [6.45, 7) is 1.22. The maximum Gasteiger partial charge on any atom is 0.269 e. The summed E-state index contributed by atoms with van der Waals surface area (Å²) >= 11 is 0. The van der Waals surface area contributed by atoms with Gasteiger partial charge in [0.15, 0.2) is 5.82 Å². The van der Waals surface area contributed by atoms with E-state index in [1.165, 1.54) is 12.1 Å². The summed E-state index contributed by atoms with van der Waals surface area (Å²) in [5.41, 5.74) is 0.785. The molecule has 0 saturated carbocycles. The van der Waals surface area contributed by atoms with Gasteiger partial charge in [0.1, 0.15) is 17.8 Å². The number of nitro groups is 1. The predicted molar refractivity (Wildman–Crippen MR) is 95.2 cm³/mol. The van der Waals surface area contributed by atoms with Crippen molar-refractivity contribution in [1.82, 2.24) is 14.8 Å². The van der Waals surface area contributed by atoms with E-state index in [1.807, 2.05) is 24.3 Å². The van der Waals surface area contributed by atoms with Gasteiger partial charge in [0.25, 0.3) is 5.69 Å². The number of aryl methyl sites for hydroxylation is 1. The minimum atomic E-state index is -0.432. The van der Waals surface area contributed by atoms with Crippen molar-refractivity contribution < 1.29 is 14.4 Å². The quantitative estimate of drug-likeness (QED) is 0.350. The Balaban J connectivity index is 1.49. The van der Waals surface area contributed by atoms with Crippen molar-refractivity contribution in [1.29, 1.82) is 0 Å². The van der Waals surface area contributed by atoms with Gasteiger partial charge in [-0.1, -0.05) is 0 Å². The van der Waals surface area contributed by atoms with E-state index in [0.29, 0.717) is 19.0 Å². The molecule has 0 aliphatic rings. The molecule has 0 saturated heterocycles. The summed E-state index contributed by atoms with van der Waals surface area (Å²) in [5.74, 6) is 2.12. The van der Waals surface area contributed by atoms with E-state index in [4.69, 9.17) is 9.47 Å². The second-order valence-corrected chi connectivity index (χ2v) is 5.51. The van der Waals surface area contributed by atoms with Gasteiger partial charge in [-0.15, -0.1) is 0 Å². The summed E-state index contributed by atoms with van der Waals surface area (Å²) in [6, 6.07) is 13.6. The highest BCUT2D eigenvalue weighted by atomic mass is 16.6. The largest absolute Gasteiger partial charge is 0.497 e. The molecule has 1 aromatic heterocycles. The molecule has 0 bridgehead atoms. The number of methoxy groups -OCH3 is 1. The Kier molecular flexibility index (Phi) is 5.43. The van der Waals surface area contributed by atoms with E-state index in [2.05, 4.69) is 10.1 Å². The Morgan fingerprint density at radius 1 is 1.08 bits per heavy atom. The molecule has 134 valence electrons. The first-order chi connectivity index (χ1) is 12.7. The molecule has 1 heterocycles. The third-order valence-corrected chi connectivity index (χ3v) is 3.73. The maximum atomic E-state index is 10.7. The second-order valence-electron chi connectivity index (χ2n) is 5.51. The molecule has 3 rings (SSSR count). The van der Waals surface area contributed by atoms with Crippen LogP contribution >= 0.6 is 0 Å². The molecule has 0 amide bonds. The molecule has 8 heteroatoms. The number of hydrogen-bond donors (Lipinski definition) is 0. The first-order valence-electron chi connectivity index (χ1n) is 8.07. The van der Waals surface area contributed by atoms with Crippen LogP contribution in [0.25, 0.3) is 11.4 Å². The van der Waals surface area contributed by atoms with Gasteiger partial charge in [0, 0.05) is 30.7 Å². The lowest BCUT2D eigenvalue weighted by atomic mass is 10.2. The Morgan fingerprint density at radius 3 is 2.42 bits per heavy atom. The van der Waals surface area contributed by atoms with Crippen molar-refractivity contribution in [3.8, 4) is 22.9 Å². The van der Waals surface area contributed by atoms with Crippen LogP contribution in [0.15, 0.2) is 54.9 Å². The second kappa shape index (κ2) is 8.11. The van der Waals surface area contributed by atoms with E-state index in [-0.39, 0.29) is 5.69 Å². The van der Waals surface area contributed by atoms with Crippen LogP contribution in [0.5, 0.6) is 11.5 Å². The number of nitrogens with zero attached hydrogens (tertiary/aromatic N) is 4. The van der Waals surface area contributed by atoms with Gasteiger partial charge in [-0.2, -0.15) is 5.10 Å². The molecule has 0 unspecified atom stereocenters. The van der Waals surface area contributed by atoms with Crippen molar-refractivity contribution in [2.75, 3.05) is 13.7 Å². The molecule has 26 heavy (non-hydrogen) atoms. The molecule has 0 fully saturated rings. The molecule has 0 aliphatic carbocycles. The van der Waals surface area contributed by atoms with Gasteiger partial charge < -0.3 is 9.47 Å². The minimum Gasteiger partial charge on any atom is -0.497 e. The Hall–Kier alpha value is -3.42. The molecule has 3 aromatic rings. The van der Waals surface area contributed by atoms with Crippen molar-refractivity contribution in [3.63, 3.8) is 0 Å². The van der Waals surface area contributed by atoms with Crippen molar-refractivity contribution in [3.05, 3.63) is 65.0 Å². The molecule has 0 spiro atoms. The first-order valence-corrected chi connectivity index (χ1v) is 8.07. The number of hydrogen-bond acceptors (Lipinski definition) is 6. The number of non-ortho nitro benzene ring substituents is 1. The van der Waals surface area contributed by atoms with Crippen LogP contribution in [0.4, 0.5) is 5.69 Å². The van der Waals surface area contributed by atoms with Gasteiger partial charge >= 0.3 is 0 Å². The van der Waals surface area contributed by atoms with E-state index in [0.717, 1.165) is 23.5 Å². The fourth-order valence-electron chi connectivity index (χ4n) is 2.36. The monoisotopic (exact) mass is 354 g/mol. The van der Waals surface area contributed by atoms with Crippen molar-refractivity contribution >= 4 is 5.69 Å². The lowest BCUT2D eigenvalue weighted by Gasteiger charge is -2.07. The van der Waals surface area contributed by atoms with E-state index in [1.54, 1.807) is 30.3 Å². The Bertz CT molecular complexity index is 860. The van der Waals surface area contributed by atoms with Gasteiger partial charge in [0.05, 0.1) is 18.6 Å². The van der Waals surface area contributed by atoms with Gasteiger partial charge in [-0.3, -0.25) is 14.8 Å². The number of nitro benzene ring substituents is 1. The molecular weight excluding hydrogens is 336 g/mol. The van der Waals surface area contributed by atoms with Crippen LogP contribution in [-0.4, -0.2) is 33.4 Å². The average molecular weight is 354 g/mol.